The van der Waals surface area contributed by atoms with Crippen molar-refractivity contribution in [1.82, 2.24) is 0 Å². The van der Waals surface area contributed by atoms with E-state index in [1.807, 2.05) is 31.2 Å². The lowest BCUT2D eigenvalue weighted by molar-refractivity contribution is 0.372. The Bertz CT molecular complexity index is 743. The van der Waals surface area contributed by atoms with Gasteiger partial charge in [-0.05, 0) is 41.7 Å². The highest BCUT2D eigenvalue weighted by Gasteiger charge is 2.18. The summed E-state index contributed by atoms with van der Waals surface area (Å²) in [7, 11) is -4.13. The van der Waals surface area contributed by atoms with E-state index in [1.54, 1.807) is 12.1 Å². The molecule has 2 rings (SSSR count). The van der Waals surface area contributed by atoms with Gasteiger partial charge in [-0.2, -0.15) is 0 Å². The zero-order valence-electron chi connectivity index (χ0n) is 13.2. The number of rotatable bonds is 6. The number of halogens is 1. The molecule has 0 aliphatic carbocycles. The molecule has 6 heteroatoms. The van der Waals surface area contributed by atoms with E-state index in [1.165, 1.54) is 0 Å². The number of hydrogen-bond acceptors (Lipinski definition) is 2. The first-order chi connectivity index (χ1) is 10.9. The number of para-hydroxylation sites is 1. The molecule has 0 saturated heterocycles. The molecule has 3 N–H and O–H groups in total. The van der Waals surface area contributed by atoms with E-state index in [0.29, 0.717) is 16.3 Å². The minimum Gasteiger partial charge on any atom is -0.355 e. The summed E-state index contributed by atoms with van der Waals surface area (Å²) in [5.74, 6) is 0. The smallest absolute Gasteiger partial charge is 0.329 e. The van der Waals surface area contributed by atoms with Gasteiger partial charge in [-0.3, -0.25) is 4.57 Å². The van der Waals surface area contributed by atoms with Crippen molar-refractivity contribution < 1.29 is 14.4 Å². The molecule has 0 aliphatic rings. The van der Waals surface area contributed by atoms with E-state index in [-0.39, 0.29) is 6.16 Å². The largest absolute Gasteiger partial charge is 0.355 e. The highest BCUT2D eigenvalue weighted by atomic mass is 35.5. The quantitative estimate of drug-likeness (QED) is 0.647. The maximum absolute atomic E-state index is 11.4. The molecule has 124 valence electrons. The molecule has 23 heavy (non-hydrogen) atoms. The molecule has 0 radical (unpaired) electrons. The van der Waals surface area contributed by atoms with Crippen LogP contribution in [0.15, 0.2) is 36.4 Å². The molecule has 0 aliphatic heterocycles. The topological polar surface area (TPSA) is 69.6 Å². The van der Waals surface area contributed by atoms with Gasteiger partial charge in [0.1, 0.15) is 0 Å². The first-order valence-electron chi connectivity index (χ1n) is 7.55. The van der Waals surface area contributed by atoms with Crippen LogP contribution in [0.2, 0.25) is 5.02 Å². The number of nitrogens with one attached hydrogen (secondary N) is 1. The molecule has 0 spiro atoms. The Balaban J connectivity index is 2.48. The molecule has 0 heterocycles. The lowest BCUT2D eigenvalue weighted by Gasteiger charge is -2.19. The van der Waals surface area contributed by atoms with Crippen LogP contribution in [0.25, 0.3) is 0 Å². The zero-order chi connectivity index (χ0) is 17.0. The molecule has 0 amide bonds. The van der Waals surface area contributed by atoms with Crippen LogP contribution in [0.5, 0.6) is 0 Å². The van der Waals surface area contributed by atoms with Gasteiger partial charge in [0.2, 0.25) is 0 Å². The first kappa shape index (κ1) is 18.0. The molecule has 0 fully saturated rings. The molecule has 0 saturated carbocycles. The van der Waals surface area contributed by atoms with Gasteiger partial charge < -0.3 is 15.1 Å². The Kier molecular flexibility index (Phi) is 5.88. The average Bonchev–Trinajstić information content (AvgIpc) is 2.48. The molecule has 2 aromatic rings. The van der Waals surface area contributed by atoms with Gasteiger partial charge in [0.15, 0.2) is 0 Å². The third kappa shape index (κ3) is 4.58. The van der Waals surface area contributed by atoms with Gasteiger partial charge in [-0.1, -0.05) is 49.7 Å². The van der Waals surface area contributed by atoms with Crippen LogP contribution in [0.4, 0.5) is 11.4 Å². The Morgan fingerprint density at radius 2 is 1.74 bits per heavy atom. The van der Waals surface area contributed by atoms with Crippen LogP contribution < -0.4 is 5.32 Å². The predicted octanol–water partition coefficient (Wildman–Crippen LogP) is 4.89. The van der Waals surface area contributed by atoms with Crippen LogP contribution in [0.1, 0.15) is 30.5 Å². The molecule has 4 nitrogen and oxygen atoms in total. The number of anilines is 2. The van der Waals surface area contributed by atoms with Crippen molar-refractivity contribution in [2.75, 3.05) is 5.32 Å². The molecule has 0 bridgehead atoms. The molecular weight excluding hydrogens is 333 g/mol. The maximum Gasteiger partial charge on any atom is 0.329 e. The second kappa shape index (κ2) is 7.50. The first-order valence-corrected chi connectivity index (χ1v) is 9.73. The summed E-state index contributed by atoms with van der Waals surface area (Å²) in [4.78, 5) is 18.5. The van der Waals surface area contributed by atoms with Crippen molar-refractivity contribution in [3.05, 3.63) is 58.1 Å². The summed E-state index contributed by atoms with van der Waals surface area (Å²) < 4.78 is 11.4. The van der Waals surface area contributed by atoms with E-state index >= 15 is 0 Å². The van der Waals surface area contributed by atoms with Crippen LogP contribution in [0, 0.1) is 0 Å². The van der Waals surface area contributed by atoms with Crippen molar-refractivity contribution in [2.45, 2.75) is 32.9 Å². The van der Waals surface area contributed by atoms with Crippen LogP contribution >= 0.6 is 19.2 Å². The molecular formula is C17H21ClNO3P. The summed E-state index contributed by atoms with van der Waals surface area (Å²) >= 11 is 6.31. The second-order valence-electron chi connectivity index (χ2n) is 5.37. The van der Waals surface area contributed by atoms with Crippen molar-refractivity contribution >= 4 is 30.6 Å². The number of hydrogen-bond donors (Lipinski definition) is 3. The highest BCUT2D eigenvalue weighted by molar-refractivity contribution is 7.50. The monoisotopic (exact) mass is 353 g/mol. The van der Waals surface area contributed by atoms with E-state index < -0.39 is 7.60 Å². The standard InChI is InChI=1S/C17H21ClNO3P/c1-3-12-9-10-15(18)14(4-2)17(12)19-16-8-6-5-7-13(16)11-23(20,21)22/h5-10,19H,3-4,11H2,1-2H3,(H2,20,21,22). The van der Waals surface area contributed by atoms with E-state index in [2.05, 4.69) is 12.2 Å². The van der Waals surface area contributed by atoms with Crippen LogP contribution in [0.3, 0.4) is 0 Å². The lowest BCUT2D eigenvalue weighted by atomic mass is 10.0. The van der Waals surface area contributed by atoms with Crippen molar-refractivity contribution in [3.8, 4) is 0 Å². The van der Waals surface area contributed by atoms with Crippen LogP contribution in [-0.4, -0.2) is 9.79 Å². The zero-order valence-corrected chi connectivity index (χ0v) is 14.9. The Hall–Kier alpha value is -1.32. The minimum absolute atomic E-state index is 0.292. The SMILES string of the molecule is CCc1ccc(Cl)c(CC)c1Nc1ccccc1CP(=O)(O)O. The van der Waals surface area contributed by atoms with Crippen molar-refractivity contribution in [1.29, 1.82) is 0 Å². The van der Waals surface area contributed by atoms with Gasteiger partial charge in [0.05, 0.1) is 6.16 Å². The second-order valence-corrected chi connectivity index (χ2v) is 7.42. The fourth-order valence-corrected chi connectivity index (χ4v) is 3.61. The third-order valence-electron chi connectivity index (χ3n) is 3.73. The molecule has 0 aromatic heterocycles. The molecule has 0 atom stereocenters. The summed E-state index contributed by atoms with van der Waals surface area (Å²) in [6.07, 6.45) is 1.32. The molecule has 0 unspecified atom stereocenters. The van der Waals surface area contributed by atoms with Crippen LogP contribution in [-0.2, 0) is 23.6 Å². The Morgan fingerprint density at radius 3 is 2.35 bits per heavy atom. The normalized spacial score (nSPS) is 11.5. The maximum atomic E-state index is 11.4. The van der Waals surface area contributed by atoms with Gasteiger partial charge in [0.25, 0.3) is 0 Å². The summed E-state index contributed by atoms with van der Waals surface area (Å²) in [6.45, 7) is 4.10. The van der Waals surface area contributed by atoms with E-state index in [9.17, 15) is 14.4 Å². The Morgan fingerprint density at radius 1 is 1.04 bits per heavy atom. The van der Waals surface area contributed by atoms with Gasteiger partial charge in [-0.15, -0.1) is 0 Å². The summed E-state index contributed by atoms with van der Waals surface area (Å²) in [5, 5.41) is 4.04. The lowest BCUT2D eigenvalue weighted by Crippen LogP contribution is -2.03. The summed E-state index contributed by atoms with van der Waals surface area (Å²) in [6, 6.07) is 11.0. The molecule has 2 aromatic carbocycles. The van der Waals surface area contributed by atoms with E-state index in [0.717, 1.165) is 29.7 Å². The van der Waals surface area contributed by atoms with Gasteiger partial charge in [-0.25, -0.2) is 0 Å². The number of aryl methyl sites for hydroxylation is 1. The average molecular weight is 354 g/mol. The predicted molar refractivity (Wildman–Crippen MR) is 95.7 cm³/mol. The fourth-order valence-electron chi connectivity index (χ4n) is 2.60. The third-order valence-corrected chi connectivity index (χ3v) is 4.84. The minimum atomic E-state index is -4.13. The van der Waals surface area contributed by atoms with Crippen molar-refractivity contribution in [2.24, 2.45) is 0 Å². The Labute approximate surface area is 141 Å². The van der Waals surface area contributed by atoms with Gasteiger partial charge in [0, 0.05) is 16.4 Å². The number of benzene rings is 2. The van der Waals surface area contributed by atoms with E-state index in [4.69, 9.17) is 11.6 Å². The fraction of sp³-hybridized carbons (Fsp3) is 0.294. The van der Waals surface area contributed by atoms with Gasteiger partial charge >= 0.3 is 7.60 Å². The summed E-state index contributed by atoms with van der Waals surface area (Å²) in [5.41, 5.74) is 4.35. The highest BCUT2D eigenvalue weighted by Crippen LogP contribution is 2.42. The van der Waals surface area contributed by atoms with Crippen molar-refractivity contribution in [3.63, 3.8) is 0 Å².